The van der Waals surface area contributed by atoms with E-state index >= 15 is 0 Å². The van der Waals surface area contributed by atoms with Gasteiger partial charge in [0.2, 0.25) is 0 Å². The highest BCUT2D eigenvalue weighted by molar-refractivity contribution is 5.69. The van der Waals surface area contributed by atoms with E-state index in [4.69, 9.17) is 9.47 Å². The molecule has 0 aliphatic rings. The summed E-state index contributed by atoms with van der Waals surface area (Å²) in [5.41, 5.74) is 0. The standard InChI is InChI=1S/C34H66O5/c1-4-5-6-7-8-9-10-11-12-13-14-15-16-17-21-24-27-33(36)38-29-32(35)30-39-34(37)28-25-22-19-18-20-23-26-31(2)3/h31-32,35H,4-30H2,1-3H3/t32-/m1/s1. The maximum Gasteiger partial charge on any atom is 0.305 e. The Morgan fingerprint density at radius 2 is 0.821 bits per heavy atom. The summed E-state index contributed by atoms with van der Waals surface area (Å²) in [7, 11) is 0. The molecule has 0 saturated carbocycles. The fourth-order valence-electron chi connectivity index (χ4n) is 4.92. The van der Waals surface area contributed by atoms with Crippen LogP contribution in [-0.2, 0) is 19.1 Å². The van der Waals surface area contributed by atoms with Gasteiger partial charge >= 0.3 is 11.9 Å². The van der Waals surface area contributed by atoms with E-state index in [1.54, 1.807) is 0 Å². The van der Waals surface area contributed by atoms with Gasteiger partial charge in [0.25, 0.3) is 0 Å². The molecule has 0 spiro atoms. The number of ether oxygens (including phenoxy) is 2. The minimum absolute atomic E-state index is 0.110. The van der Waals surface area contributed by atoms with Crippen molar-refractivity contribution in [2.45, 2.75) is 187 Å². The molecular formula is C34H66O5. The lowest BCUT2D eigenvalue weighted by Crippen LogP contribution is -2.25. The molecule has 0 fully saturated rings. The Hall–Kier alpha value is -1.10. The third-order valence-electron chi connectivity index (χ3n) is 7.52. The highest BCUT2D eigenvalue weighted by atomic mass is 16.6. The molecular weight excluding hydrogens is 488 g/mol. The number of hydrogen-bond acceptors (Lipinski definition) is 5. The minimum atomic E-state index is -0.954. The average molecular weight is 555 g/mol. The molecule has 0 unspecified atom stereocenters. The van der Waals surface area contributed by atoms with Crippen LogP contribution in [0.2, 0.25) is 0 Å². The first-order valence-electron chi connectivity index (χ1n) is 16.9. The summed E-state index contributed by atoms with van der Waals surface area (Å²) in [6.07, 6.45) is 28.8. The highest BCUT2D eigenvalue weighted by Gasteiger charge is 2.12. The molecule has 0 aliphatic carbocycles. The number of hydrogen-bond donors (Lipinski definition) is 1. The smallest absolute Gasteiger partial charge is 0.305 e. The zero-order valence-corrected chi connectivity index (χ0v) is 26.3. The van der Waals surface area contributed by atoms with E-state index in [9.17, 15) is 14.7 Å². The Bertz CT molecular complexity index is 534. The fraction of sp³-hybridized carbons (Fsp3) is 0.941. The van der Waals surface area contributed by atoms with E-state index in [2.05, 4.69) is 20.8 Å². The van der Waals surface area contributed by atoms with Gasteiger partial charge in [-0.05, 0) is 18.8 Å². The van der Waals surface area contributed by atoms with Gasteiger partial charge in [-0.1, -0.05) is 156 Å². The second-order valence-electron chi connectivity index (χ2n) is 12.1. The van der Waals surface area contributed by atoms with Crippen molar-refractivity contribution in [2.75, 3.05) is 13.2 Å². The van der Waals surface area contributed by atoms with Crippen LogP contribution < -0.4 is 0 Å². The summed E-state index contributed by atoms with van der Waals surface area (Å²) in [5.74, 6) is 0.217. The SMILES string of the molecule is CCCCCCCCCCCCCCCCCCC(=O)OC[C@@H](O)COC(=O)CCCCCCCCC(C)C. The molecule has 0 rings (SSSR count). The van der Waals surface area contributed by atoms with Gasteiger partial charge in [0, 0.05) is 12.8 Å². The number of esters is 2. The molecule has 39 heavy (non-hydrogen) atoms. The van der Waals surface area contributed by atoms with Crippen LogP contribution in [-0.4, -0.2) is 36.4 Å². The maximum absolute atomic E-state index is 11.9. The Kier molecular flexibility index (Phi) is 29.0. The van der Waals surface area contributed by atoms with E-state index < -0.39 is 6.10 Å². The molecule has 0 radical (unpaired) electrons. The van der Waals surface area contributed by atoms with Crippen molar-refractivity contribution in [3.63, 3.8) is 0 Å². The molecule has 0 bridgehead atoms. The van der Waals surface area contributed by atoms with E-state index in [1.807, 2.05) is 0 Å². The van der Waals surface area contributed by atoms with Crippen LogP contribution in [0.15, 0.2) is 0 Å². The van der Waals surface area contributed by atoms with Crippen LogP contribution in [0.4, 0.5) is 0 Å². The van der Waals surface area contributed by atoms with Gasteiger partial charge < -0.3 is 14.6 Å². The predicted octanol–water partition coefficient (Wildman–Crippen LogP) is 9.86. The quantitative estimate of drug-likeness (QED) is 0.0706. The second kappa shape index (κ2) is 29.9. The van der Waals surface area contributed by atoms with Gasteiger partial charge in [0.05, 0.1) is 0 Å². The van der Waals surface area contributed by atoms with Crippen LogP contribution in [0.3, 0.4) is 0 Å². The second-order valence-corrected chi connectivity index (χ2v) is 12.1. The van der Waals surface area contributed by atoms with E-state index in [-0.39, 0.29) is 25.2 Å². The van der Waals surface area contributed by atoms with Crippen molar-refractivity contribution in [1.29, 1.82) is 0 Å². The lowest BCUT2D eigenvalue weighted by Gasteiger charge is -2.12. The summed E-state index contributed by atoms with van der Waals surface area (Å²) in [5, 5.41) is 9.94. The first-order valence-corrected chi connectivity index (χ1v) is 16.9. The molecule has 0 aliphatic heterocycles. The topological polar surface area (TPSA) is 72.8 Å². The molecule has 1 N–H and O–H groups in total. The van der Waals surface area contributed by atoms with E-state index in [0.717, 1.165) is 38.0 Å². The molecule has 5 nitrogen and oxygen atoms in total. The summed E-state index contributed by atoms with van der Waals surface area (Å²) in [4.78, 5) is 23.7. The van der Waals surface area contributed by atoms with Gasteiger partial charge in [-0.2, -0.15) is 0 Å². The number of carbonyl (C=O) groups excluding carboxylic acids is 2. The monoisotopic (exact) mass is 554 g/mol. The Balaban J connectivity index is 3.39. The zero-order valence-electron chi connectivity index (χ0n) is 26.3. The summed E-state index contributed by atoms with van der Waals surface area (Å²) >= 11 is 0. The highest BCUT2D eigenvalue weighted by Crippen LogP contribution is 2.15. The van der Waals surface area contributed by atoms with Crippen molar-refractivity contribution in [1.82, 2.24) is 0 Å². The van der Waals surface area contributed by atoms with E-state index in [0.29, 0.717) is 12.8 Å². The zero-order chi connectivity index (χ0) is 28.8. The number of rotatable bonds is 30. The minimum Gasteiger partial charge on any atom is -0.463 e. The van der Waals surface area contributed by atoms with Crippen LogP contribution >= 0.6 is 0 Å². The van der Waals surface area contributed by atoms with Gasteiger partial charge in [0.1, 0.15) is 19.3 Å². The van der Waals surface area contributed by atoms with Crippen LogP contribution in [0, 0.1) is 5.92 Å². The molecule has 0 heterocycles. The van der Waals surface area contributed by atoms with Crippen molar-refractivity contribution in [2.24, 2.45) is 5.92 Å². The molecule has 0 aromatic carbocycles. The van der Waals surface area contributed by atoms with Gasteiger partial charge in [-0.15, -0.1) is 0 Å². The third-order valence-corrected chi connectivity index (χ3v) is 7.52. The molecule has 0 amide bonds. The van der Waals surface area contributed by atoms with Crippen LogP contribution in [0.25, 0.3) is 0 Å². The number of unbranched alkanes of at least 4 members (excludes halogenated alkanes) is 20. The molecule has 5 heteroatoms. The van der Waals surface area contributed by atoms with Crippen molar-refractivity contribution < 1.29 is 24.2 Å². The summed E-state index contributed by atoms with van der Waals surface area (Å²) < 4.78 is 10.3. The van der Waals surface area contributed by atoms with Crippen molar-refractivity contribution >= 4 is 11.9 Å². The first kappa shape index (κ1) is 37.9. The molecule has 232 valence electrons. The van der Waals surface area contributed by atoms with Crippen molar-refractivity contribution in [3.05, 3.63) is 0 Å². The summed E-state index contributed by atoms with van der Waals surface area (Å²) in [6.45, 7) is 6.57. The van der Waals surface area contributed by atoms with Gasteiger partial charge in [0.15, 0.2) is 0 Å². The fourth-order valence-corrected chi connectivity index (χ4v) is 4.92. The number of aliphatic hydroxyl groups is 1. The Morgan fingerprint density at radius 1 is 0.513 bits per heavy atom. The lowest BCUT2D eigenvalue weighted by molar-refractivity contribution is -0.152. The van der Waals surface area contributed by atoms with E-state index in [1.165, 1.54) is 116 Å². The molecule has 0 aromatic rings. The Labute approximate surface area is 242 Å². The normalized spacial score (nSPS) is 12.1. The molecule has 0 saturated heterocycles. The first-order chi connectivity index (χ1) is 19.0. The average Bonchev–Trinajstić information content (AvgIpc) is 2.91. The van der Waals surface area contributed by atoms with Crippen LogP contribution in [0.5, 0.6) is 0 Å². The maximum atomic E-state index is 11.9. The Morgan fingerprint density at radius 3 is 1.15 bits per heavy atom. The van der Waals surface area contributed by atoms with Gasteiger partial charge in [-0.25, -0.2) is 0 Å². The summed E-state index contributed by atoms with van der Waals surface area (Å²) in [6, 6.07) is 0. The largest absolute Gasteiger partial charge is 0.463 e. The van der Waals surface area contributed by atoms with Gasteiger partial charge in [-0.3, -0.25) is 9.59 Å². The third kappa shape index (κ3) is 31.3. The van der Waals surface area contributed by atoms with Crippen molar-refractivity contribution in [3.8, 4) is 0 Å². The number of carbonyl (C=O) groups is 2. The predicted molar refractivity (Wildman–Crippen MR) is 164 cm³/mol. The number of aliphatic hydroxyl groups excluding tert-OH is 1. The molecule has 0 aromatic heterocycles. The molecule has 1 atom stereocenters. The van der Waals surface area contributed by atoms with Crippen LogP contribution in [0.1, 0.15) is 181 Å². The lowest BCUT2D eigenvalue weighted by atomic mass is 10.0.